The summed E-state index contributed by atoms with van der Waals surface area (Å²) in [6.45, 7) is 5.30. The molecule has 0 amide bonds. The number of alkyl halides is 3. The first kappa shape index (κ1) is 14.7. The van der Waals surface area contributed by atoms with E-state index in [1.807, 2.05) is 0 Å². The molecular weight excluding hydrogens is 245 g/mol. The number of ether oxygens (including phenoxy) is 1. The second kappa shape index (κ2) is 5.10. The lowest BCUT2D eigenvalue weighted by molar-refractivity contribution is -0.137. The lowest BCUT2D eigenvalue weighted by atomic mass is 9.95. The van der Waals surface area contributed by atoms with E-state index in [2.05, 4.69) is 0 Å². The summed E-state index contributed by atoms with van der Waals surface area (Å²) in [6.07, 6.45) is -4.39. The quantitative estimate of drug-likeness (QED) is 0.771. The SMILES string of the molecule is CCOC(C)(C)C(=O)c1ccc(C(F)(F)F)cc1. The Morgan fingerprint density at radius 1 is 1.17 bits per heavy atom. The Morgan fingerprint density at radius 2 is 1.67 bits per heavy atom. The number of Topliss-reactive ketones (excluding diaryl/α,β-unsaturated/α-hetero) is 1. The van der Waals surface area contributed by atoms with E-state index in [0.29, 0.717) is 6.61 Å². The largest absolute Gasteiger partial charge is 0.416 e. The summed E-state index contributed by atoms with van der Waals surface area (Å²) in [7, 11) is 0. The van der Waals surface area contributed by atoms with E-state index in [1.54, 1.807) is 20.8 Å². The van der Waals surface area contributed by atoms with Crippen LogP contribution < -0.4 is 0 Å². The third kappa shape index (κ3) is 3.32. The molecule has 2 nitrogen and oxygen atoms in total. The van der Waals surface area contributed by atoms with Gasteiger partial charge in [0.2, 0.25) is 0 Å². The normalized spacial score (nSPS) is 12.6. The van der Waals surface area contributed by atoms with Crippen LogP contribution in [-0.2, 0) is 10.9 Å². The zero-order valence-corrected chi connectivity index (χ0v) is 10.5. The Balaban J connectivity index is 2.96. The van der Waals surface area contributed by atoms with Crippen molar-refractivity contribution < 1.29 is 22.7 Å². The highest BCUT2D eigenvalue weighted by Gasteiger charge is 2.32. The van der Waals surface area contributed by atoms with Crippen LogP contribution in [0.15, 0.2) is 24.3 Å². The van der Waals surface area contributed by atoms with Crippen molar-refractivity contribution in [1.82, 2.24) is 0 Å². The molecule has 0 bridgehead atoms. The molecule has 0 aliphatic heterocycles. The zero-order chi connectivity index (χ0) is 14.0. The van der Waals surface area contributed by atoms with E-state index < -0.39 is 17.3 Å². The van der Waals surface area contributed by atoms with E-state index in [4.69, 9.17) is 4.74 Å². The fourth-order valence-corrected chi connectivity index (χ4v) is 1.58. The van der Waals surface area contributed by atoms with Crippen LogP contribution in [0.3, 0.4) is 0 Å². The van der Waals surface area contributed by atoms with E-state index in [-0.39, 0.29) is 11.3 Å². The van der Waals surface area contributed by atoms with Crippen molar-refractivity contribution in [3.63, 3.8) is 0 Å². The van der Waals surface area contributed by atoms with Crippen molar-refractivity contribution in [3.8, 4) is 0 Å². The fraction of sp³-hybridized carbons (Fsp3) is 0.462. The molecular formula is C13H15F3O2. The average molecular weight is 260 g/mol. The second-order valence-electron chi connectivity index (χ2n) is 4.35. The highest BCUT2D eigenvalue weighted by molar-refractivity contribution is 6.01. The molecule has 0 saturated heterocycles. The molecule has 0 aliphatic rings. The maximum absolute atomic E-state index is 12.4. The molecule has 0 unspecified atom stereocenters. The number of hydrogen-bond acceptors (Lipinski definition) is 2. The van der Waals surface area contributed by atoms with Crippen LogP contribution >= 0.6 is 0 Å². The summed E-state index contributed by atoms with van der Waals surface area (Å²) in [5.41, 5.74) is -1.59. The zero-order valence-electron chi connectivity index (χ0n) is 10.5. The molecule has 1 aromatic carbocycles. The average Bonchev–Trinajstić information content (AvgIpc) is 2.27. The van der Waals surface area contributed by atoms with Gasteiger partial charge in [-0.05, 0) is 32.9 Å². The first-order valence-corrected chi connectivity index (χ1v) is 5.54. The fourth-order valence-electron chi connectivity index (χ4n) is 1.58. The molecule has 0 spiro atoms. The van der Waals surface area contributed by atoms with Crippen molar-refractivity contribution in [3.05, 3.63) is 35.4 Å². The molecule has 0 atom stereocenters. The maximum Gasteiger partial charge on any atom is 0.416 e. The molecule has 1 aromatic rings. The van der Waals surface area contributed by atoms with Crippen molar-refractivity contribution >= 4 is 5.78 Å². The van der Waals surface area contributed by atoms with Crippen molar-refractivity contribution in [1.29, 1.82) is 0 Å². The lowest BCUT2D eigenvalue weighted by Crippen LogP contribution is -2.35. The Hall–Kier alpha value is -1.36. The van der Waals surface area contributed by atoms with Gasteiger partial charge in [-0.15, -0.1) is 0 Å². The monoisotopic (exact) mass is 260 g/mol. The van der Waals surface area contributed by atoms with Crippen LogP contribution in [0, 0.1) is 0 Å². The molecule has 0 heterocycles. The Kier molecular flexibility index (Phi) is 4.16. The highest BCUT2D eigenvalue weighted by Crippen LogP contribution is 2.29. The highest BCUT2D eigenvalue weighted by atomic mass is 19.4. The van der Waals surface area contributed by atoms with Crippen molar-refractivity contribution in [2.75, 3.05) is 6.61 Å². The van der Waals surface area contributed by atoms with Crippen LogP contribution in [0.1, 0.15) is 36.7 Å². The Morgan fingerprint density at radius 3 is 2.06 bits per heavy atom. The number of halogens is 3. The summed E-state index contributed by atoms with van der Waals surface area (Å²) in [5.74, 6) is -0.335. The van der Waals surface area contributed by atoms with Crippen LogP contribution in [0.5, 0.6) is 0 Å². The van der Waals surface area contributed by atoms with Crippen molar-refractivity contribution in [2.24, 2.45) is 0 Å². The van der Waals surface area contributed by atoms with Crippen LogP contribution in [-0.4, -0.2) is 18.0 Å². The van der Waals surface area contributed by atoms with Gasteiger partial charge in [0.15, 0.2) is 5.78 Å². The second-order valence-corrected chi connectivity index (χ2v) is 4.35. The van der Waals surface area contributed by atoms with Gasteiger partial charge in [-0.25, -0.2) is 0 Å². The molecule has 0 aliphatic carbocycles. The summed E-state index contributed by atoms with van der Waals surface area (Å²) in [4.78, 5) is 12.0. The number of benzene rings is 1. The third-order valence-corrected chi connectivity index (χ3v) is 2.53. The van der Waals surface area contributed by atoms with E-state index in [1.165, 1.54) is 12.1 Å². The Labute approximate surface area is 104 Å². The smallest absolute Gasteiger partial charge is 0.368 e. The minimum Gasteiger partial charge on any atom is -0.368 e. The number of ketones is 1. The Bertz CT molecular complexity index is 419. The summed E-state index contributed by atoms with van der Waals surface area (Å²) in [5, 5.41) is 0. The minimum atomic E-state index is -4.39. The third-order valence-electron chi connectivity index (χ3n) is 2.53. The topological polar surface area (TPSA) is 26.3 Å². The number of carbonyl (C=O) groups is 1. The van der Waals surface area contributed by atoms with E-state index >= 15 is 0 Å². The molecule has 5 heteroatoms. The van der Waals surface area contributed by atoms with Crippen LogP contribution in [0.25, 0.3) is 0 Å². The molecule has 100 valence electrons. The molecule has 1 rings (SSSR count). The van der Waals surface area contributed by atoms with E-state index in [0.717, 1.165) is 12.1 Å². The molecule has 0 radical (unpaired) electrons. The van der Waals surface area contributed by atoms with Gasteiger partial charge in [-0.3, -0.25) is 4.79 Å². The summed E-state index contributed by atoms with van der Waals surface area (Å²) < 4.78 is 42.4. The van der Waals surface area contributed by atoms with Gasteiger partial charge in [-0.2, -0.15) is 13.2 Å². The predicted molar refractivity (Wildman–Crippen MR) is 61.5 cm³/mol. The minimum absolute atomic E-state index is 0.210. The van der Waals surface area contributed by atoms with Gasteiger partial charge in [-0.1, -0.05) is 12.1 Å². The first-order valence-electron chi connectivity index (χ1n) is 5.54. The van der Waals surface area contributed by atoms with Crippen molar-refractivity contribution in [2.45, 2.75) is 32.5 Å². The van der Waals surface area contributed by atoms with Crippen LogP contribution in [0.4, 0.5) is 13.2 Å². The molecule has 0 aromatic heterocycles. The van der Waals surface area contributed by atoms with Gasteiger partial charge in [0.25, 0.3) is 0 Å². The number of rotatable bonds is 4. The lowest BCUT2D eigenvalue weighted by Gasteiger charge is -2.23. The first-order chi connectivity index (χ1) is 8.18. The predicted octanol–water partition coefficient (Wildman–Crippen LogP) is 3.70. The molecule has 0 fully saturated rings. The number of hydrogen-bond donors (Lipinski definition) is 0. The van der Waals surface area contributed by atoms with Gasteiger partial charge in [0, 0.05) is 12.2 Å². The molecule has 0 N–H and O–H groups in total. The van der Waals surface area contributed by atoms with E-state index in [9.17, 15) is 18.0 Å². The van der Waals surface area contributed by atoms with Gasteiger partial charge in [0.1, 0.15) is 5.60 Å². The molecule has 18 heavy (non-hydrogen) atoms. The maximum atomic E-state index is 12.4. The van der Waals surface area contributed by atoms with Gasteiger partial charge in [0.05, 0.1) is 5.56 Å². The van der Waals surface area contributed by atoms with Gasteiger partial charge >= 0.3 is 6.18 Å². The molecule has 0 saturated carbocycles. The summed E-state index contributed by atoms with van der Waals surface area (Å²) in [6, 6.07) is 4.14. The number of carbonyl (C=O) groups excluding carboxylic acids is 1. The standard InChI is InChI=1S/C13H15F3O2/c1-4-18-12(2,3)11(17)9-5-7-10(8-6-9)13(14,15)16/h5-8H,4H2,1-3H3. The van der Waals surface area contributed by atoms with Gasteiger partial charge < -0.3 is 4.74 Å². The summed E-state index contributed by atoms with van der Waals surface area (Å²) >= 11 is 0. The van der Waals surface area contributed by atoms with Crippen LogP contribution in [0.2, 0.25) is 0 Å².